The Labute approximate surface area is 188 Å². The first-order valence-corrected chi connectivity index (χ1v) is 9.97. The molecule has 2 N–H and O–H groups in total. The number of anilines is 1. The first-order chi connectivity index (χ1) is 15.9. The lowest BCUT2D eigenvalue weighted by Gasteiger charge is -2.11. The summed E-state index contributed by atoms with van der Waals surface area (Å²) in [6, 6.07) is 13.6. The molecule has 2 heterocycles. The number of hydrogen-bond acceptors (Lipinski definition) is 8. The molecule has 0 unspecified atom stereocenters. The third-order valence-corrected chi connectivity index (χ3v) is 5.21. The SMILES string of the molecule is COC(=O)c1ccc(Cn2c(N)nc3ncn(Cc4ccc(C(=O)OC)cc4)c3c2=O)cc1. The van der Waals surface area contributed by atoms with Crippen LogP contribution in [0.25, 0.3) is 11.2 Å². The number of nitrogen functional groups attached to an aromatic ring is 1. The van der Waals surface area contributed by atoms with E-state index in [4.69, 9.17) is 15.2 Å². The fourth-order valence-corrected chi connectivity index (χ4v) is 3.45. The van der Waals surface area contributed by atoms with Crippen LogP contribution in [-0.2, 0) is 22.6 Å². The summed E-state index contributed by atoms with van der Waals surface area (Å²) in [5.41, 5.74) is 8.74. The van der Waals surface area contributed by atoms with Crippen LogP contribution in [0.4, 0.5) is 5.95 Å². The zero-order valence-electron chi connectivity index (χ0n) is 18.0. The van der Waals surface area contributed by atoms with Gasteiger partial charge >= 0.3 is 11.9 Å². The minimum atomic E-state index is -0.440. The lowest BCUT2D eigenvalue weighted by Crippen LogP contribution is -2.26. The lowest BCUT2D eigenvalue weighted by molar-refractivity contribution is 0.0592. The molecule has 33 heavy (non-hydrogen) atoms. The second-order valence-corrected chi connectivity index (χ2v) is 7.28. The molecular formula is C23H21N5O5. The van der Waals surface area contributed by atoms with Gasteiger partial charge in [0.05, 0.1) is 38.2 Å². The number of aromatic nitrogens is 4. The highest BCUT2D eigenvalue weighted by atomic mass is 16.5. The first-order valence-electron chi connectivity index (χ1n) is 9.97. The number of nitrogens with zero attached hydrogens (tertiary/aromatic N) is 4. The van der Waals surface area contributed by atoms with Crippen molar-refractivity contribution in [3.05, 3.63) is 87.5 Å². The predicted octanol–water partition coefficient (Wildman–Crippen LogP) is 1.84. The predicted molar refractivity (Wildman–Crippen MR) is 120 cm³/mol. The summed E-state index contributed by atoms with van der Waals surface area (Å²) in [4.78, 5) is 45.0. The number of imidazole rings is 1. The van der Waals surface area contributed by atoms with E-state index in [1.54, 1.807) is 53.1 Å². The standard InChI is InChI=1S/C23H21N5O5/c1-32-21(30)16-7-3-14(4-8-16)11-27-13-25-19-18(27)20(29)28(23(24)26-19)12-15-5-9-17(10-6-15)22(31)33-2/h3-10,13H,11-12H2,1-2H3,(H2,24,26). The summed E-state index contributed by atoms with van der Waals surface area (Å²) in [6.45, 7) is 0.528. The van der Waals surface area contributed by atoms with Gasteiger partial charge in [0.2, 0.25) is 5.95 Å². The number of fused-ring (bicyclic) bond motifs is 1. The van der Waals surface area contributed by atoms with Crippen LogP contribution in [-0.4, -0.2) is 45.3 Å². The molecule has 10 nitrogen and oxygen atoms in total. The van der Waals surface area contributed by atoms with E-state index in [1.165, 1.54) is 25.1 Å². The fourth-order valence-electron chi connectivity index (χ4n) is 3.45. The van der Waals surface area contributed by atoms with Crippen LogP contribution in [0.1, 0.15) is 31.8 Å². The Balaban J connectivity index is 1.65. The Hall–Kier alpha value is -4.47. The Bertz CT molecular complexity index is 1390. The second-order valence-electron chi connectivity index (χ2n) is 7.28. The van der Waals surface area contributed by atoms with Crippen molar-refractivity contribution in [1.29, 1.82) is 0 Å². The molecule has 0 aliphatic carbocycles. The van der Waals surface area contributed by atoms with Crippen LogP contribution < -0.4 is 11.3 Å². The number of carbonyl (C=O) groups is 2. The van der Waals surface area contributed by atoms with Crippen LogP contribution in [0.2, 0.25) is 0 Å². The van der Waals surface area contributed by atoms with Crippen molar-refractivity contribution < 1.29 is 19.1 Å². The summed E-state index contributed by atoms with van der Waals surface area (Å²) in [5.74, 6) is -0.820. The Morgan fingerprint density at radius 1 is 0.879 bits per heavy atom. The van der Waals surface area contributed by atoms with Gasteiger partial charge in [-0.05, 0) is 35.4 Å². The van der Waals surface area contributed by atoms with Gasteiger partial charge in [-0.25, -0.2) is 14.6 Å². The van der Waals surface area contributed by atoms with Crippen molar-refractivity contribution in [2.24, 2.45) is 0 Å². The summed E-state index contributed by atoms with van der Waals surface area (Å²) in [5, 5.41) is 0. The molecule has 0 fully saturated rings. The smallest absolute Gasteiger partial charge is 0.337 e. The highest BCUT2D eigenvalue weighted by molar-refractivity contribution is 5.89. The molecule has 10 heteroatoms. The molecule has 0 amide bonds. The molecule has 0 saturated heterocycles. The molecule has 0 saturated carbocycles. The van der Waals surface area contributed by atoms with Gasteiger partial charge in [0.25, 0.3) is 5.56 Å². The average molecular weight is 447 g/mol. The van der Waals surface area contributed by atoms with E-state index in [0.717, 1.165) is 11.1 Å². The van der Waals surface area contributed by atoms with Gasteiger partial charge in [-0.15, -0.1) is 0 Å². The molecule has 168 valence electrons. The normalized spacial score (nSPS) is 10.8. The van der Waals surface area contributed by atoms with Gasteiger partial charge in [-0.3, -0.25) is 9.36 Å². The Kier molecular flexibility index (Phi) is 5.90. The minimum absolute atomic E-state index is 0.0391. The summed E-state index contributed by atoms with van der Waals surface area (Å²) in [7, 11) is 2.64. The number of ether oxygens (including phenoxy) is 2. The third-order valence-electron chi connectivity index (χ3n) is 5.21. The van der Waals surface area contributed by atoms with E-state index in [0.29, 0.717) is 23.2 Å². The van der Waals surface area contributed by atoms with Gasteiger partial charge in [-0.2, -0.15) is 4.98 Å². The number of benzene rings is 2. The number of carbonyl (C=O) groups excluding carboxylic acids is 2. The molecule has 4 rings (SSSR count). The molecular weight excluding hydrogens is 426 g/mol. The topological polar surface area (TPSA) is 131 Å². The lowest BCUT2D eigenvalue weighted by atomic mass is 10.1. The van der Waals surface area contributed by atoms with E-state index in [-0.39, 0.29) is 23.7 Å². The zero-order valence-corrected chi connectivity index (χ0v) is 18.0. The summed E-state index contributed by atoms with van der Waals surface area (Å²) < 4.78 is 12.5. The maximum Gasteiger partial charge on any atom is 0.337 e. The van der Waals surface area contributed by atoms with Crippen LogP contribution in [0.3, 0.4) is 0 Å². The zero-order chi connectivity index (χ0) is 23.5. The maximum atomic E-state index is 13.3. The molecule has 0 radical (unpaired) electrons. The van der Waals surface area contributed by atoms with Gasteiger partial charge in [-0.1, -0.05) is 24.3 Å². The van der Waals surface area contributed by atoms with Gasteiger partial charge < -0.3 is 19.8 Å². The number of rotatable bonds is 6. The van der Waals surface area contributed by atoms with Crippen LogP contribution >= 0.6 is 0 Å². The largest absolute Gasteiger partial charge is 0.465 e. The molecule has 0 aliphatic heterocycles. The van der Waals surface area contributed by atoms with E-state index >= 15 is 0 Å². The minimum Gasteiger partial charge on any atom is -0.465 e. The second kappa shape index (κ2) is 8.95. The van der Waals surface area contributed by atoms with Crippen LogP contribution in [0.15, 0.2) is 59.7 Å². The van der Waals surface area contributed by atoms with Crippen LogP contribution in [0.5, 0.6) is 0 Å². The average Bonchev–Trinajstić information content (AvgIpc) is 3.23. The summed E-state index contributed by atoms with van der Waals surface area (Å²) >= 11 is 0. The van der Waals surface area contributed by atoms with Crippen molar-refractivity contribution in [2.75, 3.05) is 20.0 Å². The molecule has 0 atom stereocenters. The summed E-state index contributed by atoms with van der Waals surface area (Å²) in [6.07, 6.45) is 1.53. The van der Waals surface area contributed by atoms with Crippen molar-refractivity contribution in [1.82, 2.24) is 19.1 Å². The van der Waals surface area contributed by atoms with Crippen molar-refractivity contribution >= 4 is 29.1 Å². The van der Waals surface area contributed by atoms with Crippen molar-refractivity contribution in [2.45, 2.75) is 13.1 Å². The molecule has 2 aromatic carbocycles. The van der Waals surface area contributed by atoms with Gasteiger partial charge in [0, 0.05) is 6.54 Å². The number of hydrogen-bond donors (Lipinski definition) is 1. The Morgan fingerprint density at radius 2 is 1.39 bits per heavy atom. The highest BCUT2D eigenvalue weighted by Gasteiger charge is 2.15. The van der Waals surface area contributed by atoms with Gasteiger partial charge in [0.1, 0.15) is 0 Å². The molecule has 0 aliphatic rings. The number of methoxy groups -OCH3 is 2. The molecule has 0 spiro atoms. The monoisotopic (exact) mass is 447 g/mol. The fraction of sp³-hybridized carbons (Fsp3) is 0.174. The highest BCUT2D eigenvalue weighted by Crippen LogP contribution is 2.14. The first kappa shape index (κ1) is 21.8. The maximum absolute atomic E-state index is 13.3. The van der Waals surface area contributed by atoms with Crippen molar-refractivity contribution in [3.8, 4) is 0 Å². The molecule has 2 aromatic heterocycles. The van der Waals surface area contributed by atoms with E-state index in [9.17, 15) is 14.4 Å². The number of nitrogens with two attached hydrogens (primary N) is 1. The van der Waals surface area contributed by atoms with Crippen LogP contribution in [0, 0.1) is 0 Å². The van der Waals surface area contributed by atoms with E-state index in [2.05, 4.69) is 9.97 Å². The third kappa shape index (κ3) is 4.31. The molecule has 4 aromatic rings. The Morgan fingerprint density at radius 3 is 1.91 bits per heavy atom. The van der Waals surface area contributed by atoms with E-state index < -0.39 is 11.9 Å². The number of esters is 2. The quantitative estimate of drug-likeness (QED) is 0.443. The molecule has 0 bridgehead atoms. The van der Waals surface area contributed by atoms with Gasteiger partial charge in [0.15, 0.2) is 11.2 Å². The van der Waals surface area contributed by atoms with E-state index in [1.807, 2.05) is 0 Å². The van der Waals surface area contributed by atoms with Crippen molar-refractivity contribution in [3.63, 3.8) is 0 Å².